The van der Waals surface area contributed by atoms with Gasteiger partial charge in [-0.15, -0.1) is 11.3 Å². The van der Waals surface area contributed by atoms with E-state index < -0.39 is 17.7 Å². The predicted molar refractivity (Wildman–Crippen MR) is 73.3 cm³/mol. The van der Waals surface area contributed by atoms with Crippen molar-refractivity contribution in [2.45, 2.75) is 0 Å². The van der Waals surface area contributed by atoms with Crippen LogP contribution in [0.15, 0.2) is 34.1 Å². The topological polar surface area (TPSA) is 66.4 Å². The SMILES string of the molecule is O=C(O)c1sccc1NC(=O)c1c(F)cccc1Br. The maximum absolute atomic E-state index is 13.6. The molecule has 1 aromatic heterocycles. The number of hydrogen-bond donors (Lipinski definition) is 2. The van der Waals surface area contributed by atoms with Gasteiger partial charge in [-0.25, -0.2) is 9.18 Å². The zero-order valence-electron chi connectivity index (χ0n) is 9.31. The van der Waals surface area contributed by atoms with Crippen molar-refractivity contribution < 1.29 is 19.1 Å². The van der Waals surface area contributed by atoms with Crippen LogP contribution < -0.4 is 5.32 Å². The van der Waals surface area contributed by atoms with Gasteiger partial charge in [-0.3, -0.25) is 4.79 Å². The summed E-state index contributed by atoms with van der Waals surface area (Å²) >= 11 is 4.07. The van der Waals surface area contributed by atoms with Gasteiger partial charge < -0.3 is 10.4 Å². The van der Waals surface area contributed by atoms with E-state index in [2.05, 4.69) is 21.2 Å². The standard InChI is InChI=1S/C12H7BrFNO3S/c13-6-2-1-3-7(14)9(6)11(16)15-8-4-5-19-10(8)12(17)18/h1-5H,(H,15,16)(H,17,18). The Hall–Kier alpha value is -1.73. The number of carbonyl (C=O) groups excluding carboxylic acids is 1. The van der Waals surface area contributed by atoms with Crippen LogP contribution in [0.1, 0.15) is 20.0 Å². The minimum absolute atomic E-state index is 0.000752. The van der Waals surface area contributed by atoms with Crippen LogP contribution in [0.2, 0.25) is 0 Å². The van der Waals surface area contributed by atoms with Crippen molar-refractivity contribution >= 4 is 44.8 Å². The fourth-order valence-electron chi connectivity index (χ4n) is 1.47. The first-order valence-corrected chi connectivity index (χ1v) is 6.74. The lowest BCUT2D eigenvalue weighted by Crippen LogP contribution is -2.15. The van der Waals surface area contributed by atoms with Crippen LogP contribution >= 0.6 is 27.3 Å². The van der Waals surface area contributed by atoms with Crippen LogP contribution in [0.25, 0.3) is 0 Å². The van der Waals surface area contributed by atoms with E-state index >= 15 is 0 Å². The molecule has 0 saturated heterocycles. The van der Waals surface area contributed by atoms with E-state index in [-0.39, 0.29) is 16.1 Å². The van der Waals surface area contributed by atoms with Gasteiger partial charge in [-0.05, 0) is 39.5 Å². The number of thiophene rings is 1. The third-order valence-corrected chi connectivity index (χ3v) is 3.86. The van der Waals surface area contributed by atoms with Crippen molar-refractivity contribution in [3.05, 3.63) is 50.4 Å². The number of benzene rings is 1. The Morgan fingerprint density at radius 3 is 2.68 bits per heavy atom. The van der Waals surface area contributed by atoms with Gasteiger partial charge in [0.25, 0.3) is 5.91 Å². The minimum Gasteiger partial charge on any atom is -0.477 e. The molecule has 0 spiro atoms. The number of rotatable bonds is 3. The number of carbonyl (C=O) groups is 2. The first-order valence-electron chi connectivity index (χ1n) is 5.07. The van der Waals surface area contributed by atoms with E-state index in [9.17, 15) is 14.0 Å². The lowest BCUT2D eigenvalue weighted by molar-refractivity contribution is 0.0703. The number of carboxylic acid groups (broad SMARTS) is 1. The lowest BCUT2D eigenvalue weighted by Gasteiger charge is -2.07. The van der Waals surface area contributed by atoms with Crippen molar-refractivity contribution in [2.75, 3.05) is 5.32 Å². The van der Waals surface area contributed by atoms with Crippen molar-refractivity contribution in [1.29, 1.82) is 0 Å². The molecule has 19 heavy (non-hydrogen) atoms. The molecule has 1 aromatic carbocycles. The van der Waals surface area contributed by atoms with Gasteiger partial charge in [0.2, 0.25) is 0 Å². The summed E-state index contributed by atoms with van der Waals surface area (Å²) in [6, 6.07) is 5.61. The summed E-state index contributed by atoms with van der Waals surface area (Å²) in [7, 11) is 0. The highest BCUT2D eigenvalue weighted by molar-refractivity contribution is 9.10. The molecule has 0 aliphatic rings. The molecule has 0 aliphatic carbocycles. The van der Waals surface area contributed by atoms with E-state index in [1.165, 1.54) is 23.6 Å². The molecule has 98 valence electrons. The van der Waals surface area contributed by atoms with Crippen LogP contribution in [-0.2, 0) is 0 Å². The van der Waals surface area contributed by atoms with E-state index in [0.29, 0.717) is 4.47 Å². The van der Waals surface area contributed by atoms with Crippen molar-refractivity contribution in [1.82, 2.24) is 0 Å². The highest BCUT2D eigenvalue weighted by atomic mass is 79.9. The Morgan fingerprint density at radius 1 is 1.32 bits per heavy atom. The van der Waals surface area contributed by atoms with Gasteiger partial charge in [0.15, 0.2) is 0 Å². The molecular weight excluding hydrogens is 337 g/mol. The van der Waals surface area contributed by atoms with Gasteiger partial charge in [0.05, 0.1) is 11.3 Å². The summed E-state index contributed by atoms with van der Waals surface area (Å²) < 4.78 is 13.9. The second-order valence-electron chi connectivity index (χ2n) is 3.52. The van der Waals surface area contributed by atoms with E-state index in [1.807, 2.05) is 0 Å². The number of halogens is 2. The minimum atomic E-state index is -1.14. The number of aromatic carboxylic acids is 1. The molecule has 2 rings (SSSR count). The molecule has 0 fully saturated rings. The third-order valence-electron chi connectivity index (χ3n) is 2.30. The molecule has 0 radical (unpaired) electrons. The number of carboxylic acids is 1. The predicted octanol–water partition coefficient (Wildman–Crippen LogP) is 3.60. The van der Waals surface area contributed by atoms with Crippen LogP contribution in [0.3, 0.4) is 0 Å². The van der Waals surface area contributed by atoms with Crippen LogP contribution in [0.5, 0.6) is 0 Å². The smallest absolute Gasteiger partial charge is 0.348 e. The second kappa shape index (κ2) is 5.50. The van der Waals surface area contributed by atoms with Crippen LogP contribution in [0.4, 0.5) is 10.1 Å². The van der Waals surface area contributed by atoms with Crippen LogP contribution in [-0.4, -0.2) is 17.0 Å². The van der Waals surface area contributed by atoms with Gasteiger partial charge >= 0.3 is 5.97 Å². The van der Waals surface area contributed by atoms with Crippen molar-refractivity contribution in [3.8, 4) is 0 Å². The number of hydrogen-bond acceptors (Lipinski definition) is 3. The molecule has 1 heterocycles. The maximum Gasteiger partial charge on any atom is 0.348 e. The van der Waals surface area contributed by atoms with Gasteiger partial charge in [0.1, 0.15) is 10.7 Å². The number of anilines is 1. The molecule has 0 atom stereocenters. The Kier molecular flexibility index (Phi) is 3.96. The zero-order chi connectivity index (χ0) is 14.0. The average molecular weight is 344 g/mol. The monoisotopic (exact) mass is 343 g/mol. The molecular formula is C12H7BrFNO3S. The molecule has 4 nitrogen and oxygen atoms in total. The van der Waals surface area contributed by atoms with E-state index in [0.717, 1.165) is 17.4 Å². The highest BCUT2D eigenvalue weighted by Crippen LogP contribution is 2.25. The van der Waals surface area contributed by atoms with Crippen LogP contribution in [0, 0.1) is 5.82 Å². The first kappa shape index (κ1) is 13.7. The van der Waals surface area contributed by atoms with Gasteiger partial charge in [-0.1, -0.05) is 6.07 Å². The van der Waals surface area contributed by atoms with Crippen molar-refractivity contribution in [3.63, 3.8) is 0 Å². The molecule has 7 heteroatoms. The van der Waals surface area contributed by atoms with Crippen molar-refractivity contribution in [2.24, 2.45) is 0 Å². The highest BCUT2D eigenvalue weighted by Gasteiger charge is 2.19. The lowest BCUT2D eigenvalue weighted by atomic mass is 10.2. The number of nitrogens with one attached hydrogen (secondary N) is 1. The number of amides is 1. The Morgan fingerprint density at radius 2 is 2.05 bits per heavy atom. The quantitative estimate of drug-likeness (QED) is 0.894. The fraction of sp³-hybridized carbons (Fsp3) is 0. The normalized spacial score (nSPS) is 10.2. The molecule has 0 saturated carbocycles. The summed E-state index contributed by atoms with van der Waals surface area (Å²) in [6.45, 7) is 0. The first-order chi connectivity index (χ1) is 9.00. The van der Waals surface area contributed by atoms with Gasteiger partial charge in [-0.2, -0.15) is 0 Å². The molecule has 2 aromatic rings. The fourth-order valence-corrected chi connectivity index (χ4v) is 2.68. The molecule has 1 amide bonds. The molecule has 0 unspecified atom stereocenters. The average Bonchev–Trinajstić information content (AvgIpc) is 2.76. The summed E-state index contributed by atoms with van der Waals surface area (Å²) in [4.78, 5) is 22.9. The summed E-state index contributed by atoms with van der Waals surface area (Å²) in [5.74, 6) is -2.53. The molecule has 0 bridgehead atoms. The summed E-state index contributed by atoms with van der Waals surface area (Å²) in [6.07, 6.45) is 0. The molecule has 0 aliphatic heterocycles. The summed E-state index contributed by atoms with van der Waals surface area (Å²) in [5.41, 5.74) is -0.0114. The Balaban J connectivity index is 2.31. The van der Waals surface area contributed by atoms with E-state index in [1.54, 1.807) is 0 Å². The van der Waals surface area contributed by atoms with Gasteiger partial charge in [0, 0.05) is 4.47 Å². The molecule has 2 N–H and O–H groups in total. The maximum atomic E-state index is 13.6. The van der Waals surface area contributed by atoms with E-state index in [4.69, 9.17) is 5.11 Å². The zero-order valence-corrected chi connectivity index (χ0v) is 11.7. The Labute approximate surface area is 120 Å². The third kappa shape index (κ3) is 2.82. The Bertz CT molecular complexity index is 636. The second-order valence-corrected chi connectivity index (χ2v) is 5.29. The largest absolute Gasteiger partial charge is 0.477 e. The summed E-state index contributed by atoms with van der Waals surface area (Å²) in [5, 5.41) is 12.9.